The molecule has 2 aromatic rings. The number of rotatable bonds is 8. The van der Waals surface area contributed by atoms with Crippen LogP contribution in [0.25, 0.3) is 10.8 Å². The first-order valence-electron chi connectivity index (χ1n) is 8.98. The molecule has 0 saturated heterocycles. The Balaban J connectivity index is 2.88. The molecule has 0 aliphatic rings. The van der Waals surface area contributed by atoms with Crippen LogP contribution >= 0.6 is 0 Å². The molecular formula is C22H28O6. The second-order valence-electron chi connectivity index (χ2n) is 6.54. The van der Waals surface area contributed by atoms with Gasteiger partial charge < -0.3 is 23.7 Å². The molecule has 0 aliphatic heterocycles. The van der Waals surface area contributed by atoms with E-state index in [1.54, 1.807) is 28.4 Å². The van der Waals surface area contributed by atoms with Crippen LogP contribution in [0.5, 0.6) is 23.0 Å². The number of benzene rings is 2. The Morgan fingerprint density at radius 2 is 1.46 bits per heavy atom. The Kier molecular flexibility index (Phi) is 7.15. The molecule has 0 N–H and O–H groups in total. The summed E-state index contributed by atoms with van der Waals surface area (Å²) < 4.78 is 28.1. The number of hydrogen-bond donors (Lipinski definition) is 0. The third kappa shape index (κ3) is 4.32. The van der Waals surface area contributed by atoms with Gasteiger partial charge in [0, 0.05) is 18.9 Å². The maximum absolute atomic E-state index is 11.8. The largest absolute Gasteiger partial charge is 0.496 e. The van der Waals surface area contributed by atoms with Crippen molar-refractivity contribution < 1.29 is 28.5 Å². The lowest BCUT2D eigenvalue weighted by molar-refractivity contribution is -0.146. The van der Waals surface area contributed by atoms with Gasteiger partial charge in [-0.15, -0.1) is 0 Å². The molecule has 0 saturated carbocycles. The van der Waals surface area contributed by atoms with Gasteiger partial charge in [-0.25, -0.2) is 0 Å². The Hall–Kier alpha value is -2.89. The van der Waals surface area contributed by atoms with Gasteiger partial charge in [0.25, 0.3) is 0 Å². The first-order chi connectivity index (χ1) is 13.4. The summed E-state index contributed by atoms with van der Waals surface area (Å²) in [5.74, 6) is 2.00. The van der Waals surface area contributed by atoms with Crippen molar-refractivity contribution in [2.75, 3.05) is 28.4 Å². The fourth-order valence-corrected chi connectivity index (χ4v) is 3.20. The molecule has 0 fully saturated rings. The molecule has 0 bridgehead atoms. The van der Waals surface area contributed by atoms with Crippen molar-refractivity contribution >= 4 is 16.7 Å². The van der Waals surface area contributed by atoms with Gasteiger partial charge in [0.1, 0.15) is 29.1 Å². The predicted octanol–water partition coefficient (Wildman–Crippen LogP) is 4.83. The molecule has 2 rings (SSSR count). The van der Waals surface area contributed by atoms with Gasteiger partial charge in [0.05, 0.1) is 39.2 Å². The summed E-state index contributed by atoms with van der Waals surface area (Å²) in [6.45, 7) is 5.39. The smallest absolute Gasteiger partial charge is 0.303 e. The zero-order valence-electron chi connectivity index (χ0n) is 17.5. The van der Waals surface area contributed by atoms with E-state index < -0.39 is 6.10 Å². The molecule has 28 heavy (non-hydrogen) atoms. The third-order valence-corrected chi connectivity index (χ3v) is 4.41. The molecule has 6 heteroatoms. The van der Waals surface area contributed by atoms with Crippen molar-refractivity contribution in [3.05, 3.63) is 35.4 Å². The number of carbonyl (C=O) groups is 1. The topological polar surface area (TPSA) is 63.2 Å². The number of allylic oxidation sites excluding steroid dienone is 1. The molecule has 0 heterocycles. The van der Waals surface area contributed by atoms with Crippen LogP contribution in [0.2, 0.25) is 0 Å². The van der Waals surface area contributed by atoms with Crippen LogP contribution in [0.15, 0.2) is 29.8 Å². The van der Waals surface area contributed by atoms with Crippen LogP contribution < -0.4 is 18.9 Å². The van der Waals surface area contributed by atoms with Crippen molar-refractivity contribution in [2.24, 2.45) is 0 Å². The first-order valence-corrected chi connectivity index (χ1v) is 8.98. The molecule has 0 amide bonds. The Bertz CT molecular complexity index is 880. The maximum atomic E-state index is 11.8. The van der Waals surface area contributed by atoms with Crippen LogP contribution in [-0.4, -0.2) is 34.4 Å². The average Bonchev–Trinajstić information content (AvgIpc) is 2.68. The van der Waals surface area contributed by atoms with E-state index in [2.05, 4.69) is 0 Å². The minimum atomic E-state index is -0.531. The predicted molar refractivity (Wildman–Crippen MR) is 109 cm³/mol. The van der Waals surface area contributed by atoms with Crippen molar-refractivity contribution in [1.82, 2.24) is 0 Å². The number of methoxy groups -OCH3 is 4. The summed E-state index contributed by atoms with van der Waals surface area (Å²) in [4.78, 5) is 11.8. The highest BCUT2D eigenvalue weighted by molar-refractivity contribution is 6.03. The Morgan fingerprint density at radius 1 is 0.893 bits per heavy atom. The first kappa shape index (κ1) is 21.4. The number of carbonyl (C=O) groups excluding carboxylic acids is 1. The molecule has 0 spiro atoms. The highest BCUT2D eigenvalue weighted by Gasteiger charge is 2.26. The fourth-order valence-electron chi connectivity index (χ4n) is 3.20. The normalized spacial score (nSPS) is 11.5. The number of esters is 1. The van der Waals surface area contributed by atoms with Gasteiger partial charge in [0.2, 0.25) is 0 Å². The average molecular weight is 388 g/mol. The van der Waals surface area contributed by atoms with E-state index in [0.717, 1.165) is 11.0 Å². The van der Waals surface area contributed by atoms with Gasteiger partial charge in [-0.05, 0) is 32.0 Å². The molecule has 2 aromatic carbocycles. The second kappa shape index (κ2) is 9.35. The molecule has 0 aromatic heterocycles. The van der Waals surface area contributed by atoms with Crippen LogP contribution in [0.1, 0.15) is 38.9 Å². The number of fused-ring (bicyclic) bond motifs is 1. The van der Waals surface area contributed by atoms with Gasteiger partial charge in [-0.3, -0.25) is 4.79 Å². The molecule has 1 atom stereocenters. The van der Waals surface area contributed by atoms with Gasteiger partial charge in [0.15, 0.2) is 0 Å². The van der Waals surface area contributed by atoms with Crippen molar-refractivity contribution in [1.29, 1.82) is 0 Å². The minimum Gasteiger partial charge on any atom is -0.496 e. The van der Waals surface area contributed by atoms with Crippen LogP contribution in [0.4, 0.5) is 0 Å². The second-order valence-corrected chi connectivity index (χ2v) is 6.54. The van der Waals surface area contributed by atoms with E-state index in [-0.39, 0.29) is 5.97 Å². The van der Waals surface area contributed by atoms with Crippen molar-refractivity contribution in [2.45, 2.75) is 33.3 Å². The molecule has 6 nitrogen and oxygen atoms in total. The lowest BCUT2D eigenvalue weighted by atomic mass is 9.97. The lowest BCUT2D eigenvalue weighted by Crippen LogP contribution is -2.10. The molecule has 1 unspecified atom stereocenters. The molecule has 0 radical (unpaired) electrons. The summed E-state index contributed by atoms with van der Waals surface area (Å²) in [5.41, 5.74) is 1.83. The zero-order chi connectivity index (χ0) is 20.8. The fraction of sp³-hybridized carbons (Fsp3) is 0.409. The summed E-state index contributed by atoms with van der Waals surface area (Å²) in [6, 6.07) is 5.45. The lowest BCUT2D eigenvalue weighted by Gasteiger charge is -2.23. The highest BCUT2D eigenvalue weighted by atomic mass is 16.5. The monoisotopic (exact) mass is 388 g/mol. The quantitative estimate of drug-likeness (QED) is 0.477. The summed E-state index contributed by atoms with van der Waals surface area (Å²) in [5, 5.41) is 1.43. The number of ether oxygens (including phenoxy) is 5. The van der Waals surface area contributed by atoms with Gasteiger partial charge >= 0.3 is 5.97 Å². The van der Waals surface area contributed by atoms with E-state index in [9.17, 15) is 4.79 Å². The summed E-state index contributed by atoms with van der Waals surface area (Å²) in [6.07, 6.45) is 2.00. The maximum Gasteiger partial charge on any atom is 0.303 e. The Labute approximate surface area is 166 Å². The SMILES string of the molecule is COc1ccc(OC)c2c(OC)c(C(CC=C(C)C)OC(C)=O)cc(OC)c12. The van der Waals surface area contributed by atoms with E-state index in [0.29, 0.717) is 40.4 Å². The molecule has 0 aliphatic carbocycles. The van der Waals surface area contributed by atoms with E-state index in [1.807, 2.05) is 38.1 Å². The summed E-state index contributed by atoms with van der Waals surface area (Å²) >= 11 is 0. The van der Waals surface area contributed by atoms with Crippen molar-refractivity contribution in [3.8, 4) is 23.0 Å². The van der Waals surface area contributed by atoms with Crippen molar-refractivity contribution in [3.63, 3.8) is 0 Å². The highest BCUT2D eigenvalue weighted by Crippen LogP contribution is 2.48. The molecule has 152 valence electrons. The van der Waals surface area contributed by atoms with E-state index in [1.165, 1.54) is 6.92 Å². The zero-order valence-corrected chi connectivity index (χ0v) is 17.5. The number of hydrogen-bond acceptors (Lipinski definition) is 6. The third-order valence-electron chi connectivity index (χ3n) is 4.41. The van der Waals surface area contributed by atoms with Crippen LogP contribution in [0, 0.1) is 0 Å². The van der Waals surface area contributed by atoms with Gasteiger partial charge in [-0.1, -0.05) is 11.6 Å². The standard InChI is InChI=1S/C22H28O6/c1-13(2)8-9-16(28-14(3)23)15-12-19(26-6)20-17(24-4)10-11-18(25-5)21(20)22(15)27-7/h8,10-12,16H,9H2,1-7H3. The summed E-state index contributed by atoms with van der Waals surface area (Å²) in [7, 11) is 6.35. The van der Waals surface area contributed by atoms with Gasteiger partial charge in [-0.2, -0.15) is 0 Å². The molecular weight excluding hydrogens is 360 g/mol. The van der Waals surface area contributed by atoms with Crippen LogP contribution in [-0.2, 0) is 9.53 Å². The Morgan fingerprint density at radius 3 is 1.93 bits per heavy atom. The van der Waals surface area contributed by atoms with E-state index in [4.69, 9.17) is 23.7 Å². The van der Waals surface area contributed by atoms with E-state index >= 15 is 0 Å². The van der Waals surface area contributed by atoms with Crippen LogP contribution in [0.3, 0.4) is 0 Å². The minimum absolute atomic E-state index is 0.370.